The van der Waals surface area contributed by atoms with Crippen LogP contribution >= 0.6 is 0 Å². The van der Waals surface area contributed by atoms with Crippen LogP contribution in [0.1, 0.15) is 51.7 Å². The Kier molecular flexibility index (Phi) is 4.61. The number of hydrogen-bond acceptors (Lipinski definition) is 2. The SMILES string of the molecule is CC(=O)Nc1cccc(NC(=O)C2(c3ccc(C(C)(C)C)cc3)CC2)c1. The fourth-order valence-electron chi connectivity index (χ4n) is 3.19. The van der Waals surface area contributed by atoms with Crippen LogP contribution in [0.4, 0.5) is 11.4 Å². The molecule has 4 nitrogen and oxygen atoms in total. The second kappa shape index (κ2) is 6.60. The molecule has 0 saturated heterocycles. The molecule has 0 heterocycles. The summed E-state index contributed by atoms with van der Waals surface area (Å²) in [5, 5.41) is 5.75. The van der Waals surface area contributed by atoms with Gasteiger partial charge in [-0.2, -0.15) is 0 Å². The van der Waals surface area contributed by atoms with E-state index in [1.807, 2.05) is 12.1 Å². The Balaban J connectivity index is 1.76. The lowest BCUT2D eigenvalue weighted by molar-refractivity contribution is -0.118. The summed E-state index contributed by atoms with van der Waals surface area (Å²) in [7, 11) is 0. The van der Waals surface area contributed by atoms with Crippen molar-refractivity contribution in [2.45, 2.75) is 51.4 Å². The molecule has 2 aromatic carbocycles. The van der Waals surface area contributed by atoms with Crippen molar-refractivity contribution in [1.82, 2.24) is 0 Å². The first-order valence-corrected chi connectivity index (χ1v) is 9.01. The molecule has 3 rings (SSSR count). The first-order valence-electron chi connectivity index (χ1n) is 9.01. The van der Waals surface area contributed by atoms with Crippen molar-refractivity contribution >= 4 is 23.2 Å². The zero-order valence-corrected chi connectivity index (χ0v) is 15.8. The third-order valence-corrected chi connectivity index (χ3v) is 4.93. The van der Waals surface area contributed by atoms with Crippen LogP contribution in [0, 0.1) is 0 Å². The van der Waals surface area contributed by atoms with Gasteiger partial charge >= 0.3 is 0 Å². The van der Waals surface area contributed by atoms with Crippen molar-refractivity contribution < 1.29 is 9.59 Å². The van der Waals surface area contributed by atoms with Gasteiger partial charge in [0.05, 0.1) is 5.41 Å². The summed E-state index contributed by atoms with van der Waals surface area (Å²) in [6.07, 6.45) is 1.72. The monoisotopic (exact) mass is 350 g/mol. The van der Waals surface area contributed by atoms with E-state index in [-0.39, 0.29) is 17.2 Å². The number of nitrogens with one attached hydrogen (secondary N) is 2. The van der Waals surface area contributed by atoms with Crippen molar-refractivity contribution in [3.63, 3.8) is 0 Å². The molecule has 0 radical (unpaired) electrons. The number of amides is 2. The van der Waals surface area contributed by atoms with E-state index in [1.54, 1.807) is 12.1 Å². The van der Waals surface area contributed by atoms with E-state index in [0.717, 1.165) is 18.4 Å². The van der Waals surface area contributed by atoms with Crippen LogP contribution in [-0.2, 0) is 20.4 Å². The average molecular weight is 350 g/mol. The van der Waals surface area contributed by atoms with E-state index in [9.17, 15) is 9.59 Å². The molecule has 1 aliphatic carbocycles. The van der Waals surface area contributed by atoms with Gasteiger partial charge in [0.25, 0.3) is 0 Å². The Bertz CT molecular complexity index is 828. The van der Waals surface area contributed by atoms with Gasteiger partial charge < -0.3 is 10.6 Å². The second-order valence-corrected chi connectivity index (χ2v) is 8.13. The molecule has 2 N–H and O–H groups in total. The smallest absolute Gasteiger partial charge is 0.235 e. The molecule has 2 aromatic rings. The van der Waals surface area contributed by atoms with Gasteiger partial charge in [-0.25, -0.2) is 0 Å². The van der Waals surface area contributed by atoms with Crippen molar-refractivity contribution in [2.75, 3.05) is 10.6 Å². The number of benzene rings is 2. The molecule has 0 bridgehead atoms. The summed E-state index contributed by atoms with van der Waals surface area (Å²) in [6, 6.07) is 15.6. The minimum absolute atomic E-state index is 0.0148. The summed E-state index contributed by atoms with van der Waals surface area (Å²) in [4.78, 5) is 24.1. The quantitative estimate of drug-likeness (QED) is 0.846. The minimum Gasteiger partial charge on any atom is -0.326 e. The van der Waals surface area contributed by atoms with E-state index >= 15 is 0 Å². The highest BCUT2D eigenvalue weighted by Gasteiger charge is 2.51. The molecule has 0 aliphatic heterocycles. The Morgan fingerprint density at radius 3 is 2.00 bits per heavy atom. The van der Waals surface area contributed by atoms with Crippen molar-refractivity contribution in [2.24, 2.45) is 0 Å². The van der Waals surface area contributed by atoms with Gasteiger partial charge in [0.15, 0.2) is 0 Å². The Hall–Kier alpha value is -2.62. The van der Waals surface area contributed by atoms with Crippen molar-refractivity contribution in [3.8, 4) is 0 Å². The molecule has 1 aliphatic rings. The lowest BCUT2D eigenvalue weighted by atomic mass is 9.85. The minimum atomic E-state index is -0.430. The number of carbonyl (C=O) groups is 2. The molecule has 0 atom stereocenters. The maximum atomic E-state index is 12.9. The topological polar surface area (TPSA) is 58.2 Å². The molecule has 0 unspecified atom stereocenters. The van der Waals surface area contributed by atoms with Crippen LogP contribution < -0.4 is 10.6 Å². The summed E-state index contributed by atoms with van der Waals surface area (Å²) in [6.45, 7) is 8.02. The van der Waals surface area contributed by atoms with Gasteiger partial charge in [-0.3, -0.25) is 9.59 Å². The molecule has 4 heteroatoms. The summed E-state index contributed by atoms with van der Waals surface area (Å²) in [5.41, 5.74) is 3.37. The van der Waals surface area contributed by atoms with Crippen LogP contribution in [0.15, 0.2) is 48.5 Å². The summed E-state index contributed by atoms with van der Waals surface area (Å²) < 4.78 is 0. The van der Waals surface area contributed by atoms with Crippen LogP contribution in [0.2, 0.25) is 0 Å². The molecular weight excluding hydrogens is 324 g/mol. The summed E-state index contributed by atoms with van der Waals surface area (Å²) in [5.74, 6) is -0.118. The standard InChI is InChI=1S/C22H26N2O2/c1-15(25)23-18-6-5-7-19(14-18)24-20(26)22(12-13-22)17-10-8-16(9-11-17)21(2,3)4/h5-11,14H,12-13H2,1-4H3,(H,23,25)(H,24,26). The van der Waals surface area contributed by atoms with Gasteiger partial charge in [-0.15, -0.1) is 0 Å². The Morgan fingerprint density at radius 1 is 0.923 bits per heavy atom. The predicted octanol–water partition coefficient (Wildman–Crippen LogP) is 4.61. The van der Waals surface area contributed by atoms with E-state index in [4.69, 9.17) is 0 Å². The van der Waals surface area contributed by atoms with E-state index < -0.39 is 5.41 Å². The largest absolute Gasteiger partial charge is 0.326 e. The molecular formula is C22H26N2O2. The average Bonchev–Trinajstić information content (AvgIpc) is 3.36. The lowest BCUT2D eigenvalue weighted by Gasteiger charge is -2.21. The number of rotatable bonds is 4. The van der Waals surface area contributed by atoms with Gasteiger partial charge in [-0.1, -0.05) is 51.1 Å². The van der Waals surface area contributed by atoms with Crippen LogP contribution in [0.5, 0.6) is 0 Å². The van der Waals surface area contributed by atoms with E-state index in [0.29, 0.717) is 11.4 Å². The molecule has 1 fully saturated rings. The first kappa shape index (κ1) is 18.2. The Labute approximate surface area is 155 Å². The predicted molar refractivity (Wildman–Crippen MR) is 105 cm³/mol. The number of carbonyl (C=O) groups excluding carboxylic acids is 2. The van der Waals surface area contributed by atoms with Gasteiger partial charge in [-0.05, 0) is 47.6 Å². The maximum absolute atomic E-state index is 12.9. The number of hydrogen-bond donors (Lipinski definition) is 2. The molecule has 0 spiro atoms. The fraction of sp³-hybridized carbons (Fsp3) is 0.364. The normalized spacial score (nSPS) is 15.2. The van der Waals surface area contributed by atoms with Crippen LogP contribution in [0.25, 0.3) is 0 Å². The fourth-order valence-corrected chi connectivity index (χ4v) is 3.19. The Morgan fingerprint density at radius 2 is 1.50 bits per heavy atom. The molecule has 26 heavy (non-hydrogen) atoms. The highest BCUT2D eigenvalue weighted by Crippen LogP contribution is 2.49. The third kappa shape index (κ3) is 3.79. The maximum Gasteiger partial charge on any atom is 0.235 e. The van der Waals surface area contributed by atoms with Gasteiger partial charge in [0.2, 0.25) is 11.8 Å². The van der Waals surface area contributed by atoms with Crippen molar-refractivity contribution in [3.05, 3.63) is 59.7 Å². The van der Waals surface area contributed by atoms with E-state index in [1.165, 1.54) is 12.5 Å². The van der Waals surface area contributed by atoms with Crippen LogP contribution in [-0.4, -0.2) is 11.8 Å². The highest BCUT2D eigenvalue weighted by atomic mass is 16.2. The van der Waals surface area contributed by atoms with Crippen molar-refractivity contribution in [1.29, 1.82) is 0 Å². The third-order valence-electron chi connectivity index (χ3n) is 4.93. The zero-order chi connectivity index (χ0) is 18.9. The van der Waals surface area contributed by atoms with E-state index in [2.05, 4.69) is 55.7 Å². The molecule has 2 amide bonds. The zero-order valence-electron chi connectivity index (χ0n) is 15.8. The van der Waals surface area contributed by atoms with Gasteiger partial charge in [0, 0.05) is 18.3 Å². The van der Waals surface area contributed by atoms with Gasteiger partial charge in [0.1, 0.15) is 0 Å². The molecule has 136 valence electrons. The molecule has 0 aromatic heterocycles. The summed E-state index contributed by atoms with van der Waals surface area (Å²) >= 11 is 0. The first-order chi connectivity index (χ1) is 12.2. The lowest BCUT2D eigenvalue weighted by Crippen LogP contribution is -2.28. The highest BCUT2D eigenvalue weighted by molar-refractivity contribution is 6.02. The molecule has 1 saturated carbocycles. The second-order valence-electron chi connectivity index (χ2n) is 8.13. The van der Waals surface area contributed by atoms with Crippen LogP contribution in [0.3, 0.4) is 0 Å². The number of anilines is 2.